The van der Waals surface area contributed by atoms with E-state index in [1.165, 1.54) is 24.3 Å². The summed E-state index contributed by atoms with van der Waals surface area (Å²) in [4.78, 5) is 0. The minimum absolute atomic E-state index is 0.111. The monoisotopic (exact) mass is 752 g/mol. The quantitative estimate of drug-likeness (QED) is 0.150. The molecule has 0 fully saturated rings. The van der Waals surface area contributed by atoms with Crippen molar-refractivity contribution >= 4 is 22.3 Å². The number of nitrogens with zero attached hydrogens (tertiary/aromatic N) is 4. The second-order valence-electron chi connectivity index (χ2n) is 11.7. The van der Waals surface area contributed by atoms with Gasteiger partial charge in [0.25, 0.3) is 0 Å². The highest BCUT2D eigenvalue weighted by atomic mass is 19.4. The standard InChI is InChI=1S/C38H12F12N4/c39-35(40,41)21-7-17(8-22(11-21)36(42,43)44)25-3-1-5-27-31(25)29(19(13-51)14-52)34-28-6-2-4-26(32(28)30(33(27)34)20(15-53)16-54)18-9-23(37(45,46)47)12-24(10-18)38(48,49)50/h1-12H. The molecule has 0 atom stereocenters. The van der Waals surface area contributed by atoms with Crippen LogP contribution in [0.4, 0.5) is 52.7 Å². The zero-order valence-corrected chi connectivity index (χ0v) is 26.3. The van der Waals surface area contributed by atoms with E-state index in [2.05, 4.69) is 0 Å². The van der Waals surface area contributed by atoms with E-state index in [9.17, 15) is 73.7 Å². The summed E-state index contributed by atoms with van der Waals surface area (Å²) >= 11 is 0. The maximum Gasteiger partial charge on any atom is 0.416 e. The molecule has 16 heteroatoms. The van der Waals surface area contributed by atoms with E-state index < -0.39 is 69.2 Å². The van der Waals surface area contributed by atoms with Crippen molar-refractivity contribution in [1.29, 1.82) is 21.0 Å². The Labute approximate surface area is 295 Å². The first kappa shape index (κ1) is 37.0. The van der Waals surface area contributed by atoms with Crippen LogP contribution in [0.3, 0.4) is 0 Å². The van der Waals surface area contributed by atoms with Crippen molar-refractivity contribution in [2.45, 2.75) is 24.7 Å². The van der Waals surface area contributed by atoms with E-state index in [4.69, 9.17) is 0 Å². The summed E-state index contributed by atoms with van der Waals surface area (Å²) in [5.41, 5.74) is -12.1. The van der Waals surface area contributed by atoms with Gasteiger partial charge in [-0.15, -0.1) is 0 Å². The molecule has 0 aliphatic heterocycles. The molecule has 0 bridgehead atoms. The highest BCUT2D eigenvalue weighted by Gasteiger charge is 2.44. The summed E-state index contributed by atoms with van der Waals surface area (Å²) in [7, 11) is 0. The molecular formula is C38H12F12N4. The predicted molar refractivity (Wildman–Crippen MR) is 167 cm³/mol. The number of fused-ring (bicyclic) bond motifs is 4. The predicted octanol–water partition coefficient (Wildman–Crippen LogP) is 11.6. The van der Waals surface area contributed by atoms with Gasteiger partial charge in [-0.2, -0.15) is 73.7 Å². The molecule has 2 aliphatic rings. The van der Waals surface area contributed by atoms with E-state index >= 15 is 0 Å². The third-order valence-corrected chi connectivity index (χ3v) is 8.66. The van der Waals surface area contributed by atoms with Gasteiger partial charge in [0.2, 0.25) is 0 Å². The summed E-state index contributed by atoms with van der Waals surface area (Å²) < 4.78 is 167. The molecule has 0 saturated heterocycles. The minimum Gasteiger partial charge on any atom is -0.192 e. The Balaban J connectivity index is 1.74. The van der Waals surface area contributed by atoms with Gasteiger partial charge in [-0.05, 0) is 69.8 Å². The van der Waals surface area contributed by atoms with Crippen molar-refractivity contribution in [2.24, 2.45) is 0 Å². The zero-order chi connectivity index (χ0) is 39.7. The number of rotatable bonds is 2. The van der Waals surface area contributed by atoms with E-state index in [0.29, 0.717) is 24.3 Å². The molecule has 54 heavy (non-hydrogen) atoms. The molecule has 0 spiro atoms. The summed E-state index contributed by atoms with van der Waals surface area (Å²) in [6, 6.07) is 15.0. The van der Waals surface area contributed by atoms with Crippen molar-refractivity contribution < 1.29 is 52.7 Å². The van der Waals surface area contributed by atoms with Crippen molar-refractivity contribution in [2.75, 3.05) is 0 Å². The summed E-state index contributed by atoms with van der Waals surface area (Å²) in [5.74, 6) is 0. The fraction of sp³-hybridized carbons (Fsp3) is 0.105. The number of halogens is 12. The lowest BCUT2D eigenvalue weighted by Crippen LogP contribution is -2.11. The average Bonchev–Trinajstić information content (AvgIpc) is 3.61. The lowest BCUT2D eigenvalue weighted by Gasteiger charge is -2.20. The van der Waals surface area contributed by atoms with Crippen LogP contribution in [0.15, 0.2) is 83.9 Å². The lowest BCUT2D eigenvalue weighted by atomic mass is 9.82. The molecule has 2 aliphatic carbocycles. The maximum atomic E-state index is 13.9. The second kappa shape index (κ2) is 12.4. The van der Waals surface area contributed by atoms with Crippen molar-refractivity contribution in [1.82, 2.24) is 0 Å². The van der Waals surface area contributed by atoms with Gasteiger partial charge in [0.05, 0.1) is 22.3 Å². The number of nitriles is 4. The lowest BCUT2D eigenvalue weighted by molar-refractivity contribution is -0.144. The first-order valence-electron chi connectivity index (χ1n) is 14.9. The Kier molecular flexibility index (Phi) is 8.51. The van der Waals surface area contributed by atoms with Crippen LogP contribution in [0, 0.1) is 45.3 Å². The molecule has 0 unspecified atom stereocenters. The van der Waals surface area contributed by atoms with Crippen LogP contribution in [-0.2, 0) is 24.7 Å². The maximum absolute atomic E-state index is 13.9. The van der Waals surface area contributed by atoms with Gasteiger partial charge < -0.3 is 0 Å². The highest BCUT2D eigenvalue weighted by molar-refractivity contribution is 6.39. The van der Waals surface area contributed by atoms with Crippen LogP contribution in [0.25, 0.3) is 44.5 Å². The first-order chi connectivity index (χ1) is 25.1. The third-order valence-electron chi connectivity index (χ3n) is 8.66. The Bertz CT molecular complexity index is 2310. The molecule has 4 aromatic rings. The Morgan fingerprint density at radius 3 is 0.889 bits per heavy atom. The molecule has 4 aromatic carbocycles. The molecule has 0 aromatic heterocycles. The first-order valence-corrected chi connectivity index (χ1v) is 14.9. The SMILES string of the molecule is N#CC(C#N)=C1C2=C(C(=C(C#N)C#N)c3c2cccc3-c2cc(C(F)(F)F)cc(C(F)(F)F)c2)c2cccc(-c3cc(C(F)(F)F)cc(C(F)(F)F)c3)c21. The second-order valence-corrected chi connectivity index (χ2v) is 11.7. The molecule has 0 saturated carbocycles. The van der Waals surface area contributed by atoms with Gasteiger partial charge in [0.1, 0.15) is 35.4 Å². The van der Waals surface area contributed by atoms with Crippen molar-refractivity contribution in [3.63, 3.8) is 0 Å². The molecule has 0 amide bonds. The van der Waals surface area contributed by atoms with E-state index in [1.807, 2.05) is 0 Å². The van der Waals surface area contributed by atoms with Gasteiger partial charge in [-0.3, -0.25) is 0 Å². The fourth-order valence-corrected chi connectivity index (χ4v) is 6.57. The van der Waals surface area contributed by atoms with Crippen LogP contribution in [0.5, 0.6) is 0 Å². The zero-order valence-electron chi connectivity index (χ0n) is 26.3. The van der Waals surface area contributed by atoms with Crippen LogP contribution in [0.2, 0.25) is 0 Å². The number of hydrogen-bond donors (Lipinski definition) is 0. The van der Waals surface area contributed by atoms with Gasteiger partial charge >= 0.3 is 24.7 Å². The smallest absolute Gasteiger partial charge is 0.192 e. The van der Waals surface area contributed by atoms with Gasteiger partial charge in [-0.25, -0.2) is 0 Å². The molecular weight excluding hydrogens is 740 g/mol. The topological polar surface area (TPSA) is 95.2 Å². The van der Waals surface area contributed by atoms with Gasteiger partial charge in [0.15, 0.2) is 0 Å². The van der Waals surface area contributed by atoms with Crippen LogP contribution >= 0.6 is 0 Å². The molecule has 0 radical (unpaired) electrons. The van der Waals surface area contributed by atoms with E-state index in [-0.39, 0.29) is 67.8 Å². The Morgan fingerprint density at radius 1 is 0.389 bits per heavy atom. The number of alkyl halides is 12. The fourth-order valence-electron chi connectivity index (χ4n) is 6.57. The molecule has 4 nitrogen and oxygen atoms in total. The molecule has 268 valence electrons. The van der Waals surface area contributed by atoms with Crippen LogP contribution in [0.1, 0.15) is 44.5 Å². The van der Waals surface area contributed by atoms with E-state index in [0.717, 1.165) is 12.1 Å². The highest BCUT2D eigenvalue weighted by Crippen LogP contribution is 2.62. The van der Waals surface area contributed by atoms with Crippen molar-refractivity contribution in [3.8, 4) is 46.5 Å². The van der Waals surface area contributed by atoms with Gasteiger partial charge in [-0.1, -0.05) is 36.4 Å². The normalized spacial score (nSPS) is 13.7. The summed E-state index contributed by atoms with van der Waals surface area (Å²) in [5, 5.41) is 40.3. The van der Waals surface area contributed by atoms with E-state index in [1.54, 1.807) is 24.3 Å². The van der Waals surface area contributed by atoms with Gasteiger partial charge in [0, 0.05) is 33.4 Å². The Morgan fingerprint density at radius 2 is 0.648 bits per heavy atom. The van der Waals surface area contributed by atoms with Crippen molar-refractivity contribution in [3.05, 3.63) is 128 Å². The minimum atomic E-state index is -5.27. The number of hydrogen-bond acceptors (Lipinski definition) is 4. The summed E-state index contributed by atoms with van der Waals surface area (Å²) in [6.45, 7) is 0. The van der Waals surface area contributed by atoms with Crippen LogP contribution < -0.4 is 0 Å². The molecule has 6 rings (SSSR count). The Hall–Kier alpha value is -6.78. The number of benzene rings is 4. The largest absolute Gasteiger partial charge is 0.416 e. The third kappa shape index (κ3) is 6.02. The molecule has 0 heterocycles. The average molecular weight is 753 g/mol. The molecule has 0 N–H and O–H groups in total. The number of allylic oxidation sites excluding steroid dienone is 6. The summed E-state index contributed by atoms with van der Waals surface area (Å²) in [6.07, 6.45) is -21.1. The van der Waals surface area contributed by atoms with Crippen LogP contribution in [-0.4, -0.2) is 0 Å².